The first kappa shape index (κ1) is 14.0. The normalized spacial score (nSPS) is 12.5. The van der Waals surface area contributed by atoms with E-state index in [0.717, 1.165) is 5.75 Å². The number of thioether (sulfide) groups is 1. The van der Waals surface area contributed by atoms with Gasteiger partial charge >= 0.3 is 0 Å². The smallest absolute Gasteiger partial charge is 0.129 e. The minimum Gasteiger partial charge on any atom is -0.299 e. The van der Waals surface area contributed by atoms with E-state index in [-0.39, 0.29) is 5.82 Å². The lowest BCUT2D eigenvalue weighted by atomic mass is 10.1. The van der Waals surface area contributed by atoms with Gasteiger partial charge in [-0.1, -0.05) is 6.07 Å². The average molecular weight is 252 g/mol. The SMILES string of the molecule is CSCC(C)N(C)Cc1ccc(C#N)cc1F. The highest BCUT2D eigenvalue weighted by Gasteiger charge is 2.11. The molecule has 1 unspecified atom stereocenters. The Morgan fingerprint density at radius 3 is 2.76 bits per heavy atom. The van der Waals surface area contributed by atoms with Crippen LogP contribution < -0.4 is 0 Å². The second-order valence-corrected chi connectivity index (χ2v) is 5.05. The molecule has 0 aliphatic heterocycles. The van der Waals surface area contributed by atoms with Crippen molar-refractivity contribution in [2.75, 3.05) is 19.1 Å². The standard InChI is InChI=1S/C13H17FN2S/c1-10(9-17-3)16(2)8-12-5-4-11(7-15)6-13(12)14/h4-6,10H,8-9H2,1-3H3. The minimum absolute atomic E-state index is 0.299. The Labute approximate surface area is 106 Å². The zero-order chi connectivity index (χ0) is 12.8. The van der Waals surface area contributed by atoms with E-state index in [4.69, 9.17) is 5.26 Å². The van der Waals surface area contributed by atoms with Gasteiger partial charge in [-0.3, -0.25) is 4.90 Å². The van der Waals surface area contributed by atoms with Gasteiger partial charge in [-0.2, -0.15) is 17.0 Å². The van der Waals surface area contributed by atoms with E-state index in [1.165, 1.54) is 6.07 Å². The Bertz CT molecular complexity index is 414. The van der Waals surface area contributed by atoms with Crippen LogP contribution in [0, 0.1) is 17.1 Å². The molecule has 1 atom stereocenters. The van der Waals surface area contributed by atoms with Crippen molar-refractivity contribution < 1.29 is 4.39 Å². The van der Waals surface area contributed by atoms with Crippen LogP contribution in [0.15, 0.2) is 18.2 Å². The van der Waals surface area contributed by atoms with E-state index in [1.807, 2.05) is 13.1 Å². The summed E-state index contributed by atoms with van der Waals surface area (Å²) in [5.41, 5.74) is 1.01. The van der Waals surface area contributed by atoms with Gasteiger partial charge in [0.05, 0.1) is 11.6 Å². The molecule has 0 amide bonds. The number of hydrogen-bond acceptors (Lipinski definition) is 3. The summed E-state index contributed by atoms with van der Waals surface area (Å²) in [7, 11) is 1.98. The first-order valence-corrected chi connectivity index (χ1v) is 6.85. The summed E-state index contributed by atoms with van der Waals surface area (Å²) in [6.45, 7) is 2.69. The maximum absolute atomic E-state index is 13.7. The Balaban J connectivity index is 2.72. The Hall–Kier alpha value is -1.05. The Morgan fingerprint density at radius 2 is 2.24 bits per heavy atom. The maximum Gasteiger partial charge on any atom is 0.129 e. The number of nitriles is 1. The van der Waals surface area contributed by atoms with Crippen LogP contribution in [0.5, 0.6) is 0 Å². The summed E-state index contributed by atoms with van der Waals surface area (Å²) in [6.07, 6.45) is 2.06. The van der Waals surface area contributed by atoms with Crippen molar-refractivity contribution in [2.45, 2.75) is 19.5 Å². The van der Waals surface area contributed by atoms with Crippen molar-refractivity contribution in [3.63, 3.8) is 0 Å². The van der Waals surface area contributed by atoms with Crippen molar-refractivity contribution in [1.82, 2.24) is 4.90 Å². The van der Waals surface area contributed by atoms with Gasteiger partial charge in [-0.25, -0.2) is 4.39 Å². The van der Waals surface area contributed by atoms with Crippen molar-refractivity contribution >= 4 is 11.8 Å². The van der Waals surface area contributed by atoms with Crippen LogP contribution in [0.25, 0.3) is 0 Å². The molecule has 0 aromatic heterocycles. The molecule has 4 heteroatoms. The topological polar surface area (TPSA) is 27.0 Å². The lowest BCUT2D eigenvalue weighted by Crippen LogP contribution is -2.30. The fourth-order valence-electron chi connectivity index (χ4n) is 1.54. The molecule has 0 saturated carbocycles. The van der Waals surface area contributed by atoms with Crippen LogP contribution >= 0.6 is 11.8 Å². The molecule has 2 nitrogen and oxygen atoms in total. The van der Waals surface area contributed by atoms with Gasteiger partial charge in [-0.05, 0) is 32.4 Å². The molecule has 0 N–H and O–H groups in total. The molecule has 17 heavy (non-hydrogen) atoms. The molecule has 0 aliphatic rings. The number of rotatable bonds is 5. The molecular formula is C13H17FN2S. The van der Waals surface area contributed by atoms with E-state index in [1.54, 1.807) is 23.9 Å². The minimum atomic E-state index is -0.299. The summed E-state index contributed by atoms with van der Waals surface area (Å²) in [5.74, 6) is 0.723. The average Bonchev–Trinajstić information content (AvgIpc) is 2.31. The number of nitrogens with zero attached hydrogens (tertiary/aromatic N) is 2. The van der Waals surface area contributed by atoms with Crippen LogP contribution in [0.4, 0.5) is 4.39 Å². The molecule has 0 spiro atoms. The molecule has 0 fully saturated rings. The highest BCUT2D eigenvalue weighted by atomic mass is 32.2. The molecule has 92 valence electrons. The van der Waals surface area contributed by atoms with E-state index >= 15 is 0 Å². The molecule has 0 radical (unpaired) electrons. The van der Waals surface area contributed by atoms with Gasteiger partial charge in [0.15, 0.2) is 0 Å². The third-order valence-electron chi connectivity index (χ3n) is 2.76. The number of benzene rings is 1. The quantitative estimate of drug-likeness (QED) is 0.806. The fourth-order valence-corrected chi connectivity index (χ4v) is 2.27. The molecule has 0 saturated heterocycles. The van der Waals surface area contributed by atoms with Gasteiger partial charge < -0.3 is 0 Å². The highest BCUT2D eigenvalue weighted by Crippen LogP contribution is 2.14. The largest absolute Gasteiger partial charge is 0.299 e. The van der Waals surface area contributed by atoms with Gasteiger partial charge in [0.25, 0.3) is 0 Å². The fraction of sp³-hybridized carbons (Fsp3) is 0.462. The molecule has 1 aromatic carbocycles. The van der Waals surface area contributed by atoms with Gasteiger partial charge in [0.1, 0.15) is 5.82 Å². The monoisotopic (exact) mass is 252 g/mol. The van der Waals surface area contributed by atoms with Gasteiger partial charge in [-0.15, -0.1) is 0 Å². The summed E-state index contributed by atoms with van der Waals surface area (Å²) >= 11 is 1.78. The third-order valence-corrected chi connectivity index (χ3v) is 3.58. The molecule has 1 aromatic rings. The molecule has 0 heterocycles. The van der Waals surface area contributed by atoms with Crippen LogP contribution in [0.1, 0.15) is 18.1 Å². The summed E-state index contributed by atoms with van der Waals surface area (Å²) in [6, 6.07) is 6.98. The van der Waals surface area contributed by atoms with Crippen molar-refractivity contribution in [3.8, 4) is 6.07 Å². The predicted molar refractivity (Wildman–Crippen MR) is 70.4 cm³/mol. The lowest BCUT2D eigenvalue weighted by Gasteiger charge is -2.24. The van der Waals surface area contributed by atoms with Crippen molar-refractivity contribution in [2.24, 2.45) is 0 Å². The Morgan fingerprint density at radius 1 is 1.53 bits per heavy atom. The number of hydrogen-bond donors (Lipinski definition) is 0. The molecule has 0 aliphatic carbocycles. The van der Waals surface area contributed by atoms with Crippen molar-refractivity contribution in [1.29, 1.82) is 5.26 Å². The number of halogens is 1. The van der Waals surface area contributed by atoms with Crippen molar-refractivity contribution in [3.05, 3.63) is 35.1 Å². The maximum atomic E-state index is 13.7. The third kappa shape index (κ3) is 4.03. The van der Waals surface area contributed by atoms with Gasteiger partial charge in [0.2, 0.25) is 0 Å². The van der Waals surface area contributed by atoms with E-state index in [0.29, 0.717) is 23.7 Å². The van der Waals surface area contributed by atoms with E-state index in [9.17, 15) is 4.39 Å². The van der Waals surface area contributed by atoms with Gasteiger partial charge in [0, 0.05) is 23.9 Å². The van der Waals surface area contributed by atoms with E-state index < -0.39 is 0 Å². The summed E-state index contributed by atoms with van der Waals surface area (Å²) in [5, 5.41) is 8.66. The summed E-state index contributed by atoms with van der Waals surface area (Å²) in [4.78, 5) is 2.11. The lowest BCUT2D eigenvalue weighted by molar-refractivity contribution is 0.266. The molecule has 0 bridgehead atoms. The zero-order valence-corrected chi connectivity index (χ0v) is 11.2. The molecular weight excluding hydrogens is 235 g/mol. The second-order valence-electron chi connectivity index (χ2n) is 4.14. The Kier molecular flexibility index (Phi) is 5.46. The van der Waals surface area contributed by atoms with E-state index in [2.05, 4.69) is 18.1 Å². The van der Waals surface area contributed by atoms with Crippen LogP contribution in [0.3, 0.4) is 0 Å². The predicted octanol–water partition coefficient (Wildman–Crippen LogP) is 2.88. The first-order valence-electron chi connectivity index (χ1n) is 5.46. The zero-order valence-electron chi connectivity index (χ0n) is 10.4. The second kappa shape index (κ2) is 6.63. The highest BCUT2D eigenvalue weighted by molar-refractivity contribution is 7.98. The van der Waals surface area contributed by atoms with Crippen LogP contribution in [0.2, 0.25) is 0 Å². The van der Waals surface area contributed by atoms with Crippen LogP contribution in [-0.2, 0) is 6.54 Å². The first-order chi connectivity index (χ1) is 8.08. The van der Waals surface area contributed by atoms with Crippen LogP contribution in [-0.4, -0.2) is 30.0 Å². The summed E-state index contributed by atoms with van der Waals surface area (Å²) < 4.78 is 13.7. The molecule has 1 rings (SSSR count).